The summed E-state index contributed by atoms with van der Waals surface area (Å²) >= 11 is 6.22. The lowest BCUT2D eigenvalue weighted by molar-refractivity contribution is -0.137. The van der Waals surface area contributed by atoms with Gasteiger partial charge >= 0.3 is 5.97 Å². The van der Waals surface area contributed by atoms with Crippen LogP contribution in [0.1, 0.15) is 51.9 Å². The molecule has 1 fully saturated rings. The van der Waals surface area contributed by atoms with E-state index in [1.165, 1.54) is 0 Å². The molecule has 1 saturated carbocycles. The van der Waals surface area contributed by atoms with E-state index in [1.54, 1.807) is 0 Å². The van der Waals surface area contributed by atoms with Crippen LogP contribution in [0.5, 0.6) is 0 Å². The van der Waals surface area contributed by atoms with Crippen LogP contribution in [0.4, 0.5) is 0 Å². The van der Waals surface area contributed by atoms with Gasteiger partial charge in [0.2, 0.25) is 0 Å². The van der Waals surface area contributed by atoms with Gasteiger partial charge < -0.3 is 10.2 Å². The first-order valence-electron chi connectivity index (χ1n) is 6.56. The van der Waals surface area contributed by atoms with Crippen molar-refractivity contribution in [3.05, 3.63) is 0 Å². The molecule has 4 atom stereocenters. The molecular weight excluding hydrogens is 240 g/mol. The number of carboxylic acid groups (broad SMARTS) is 1. The summed E-state index contributed by atoms with van der Waals surface area (Å²) < 4.78 is 0. The molecule has 0 saturated heterocycles. The van der Waals surface area contributed by atoms with Crippen molar-refractivity contribution in [2.45, 2.75) is 63.4 Å². The van der Waals surface area contributed by atoms with Crippen LogP contribution in [0.15, 0.2) is 0 Å². The lowest BCUT2D eigenvalue weighted by Crippen LogP contribution is -2.37. The second kappa shape index (κ2) is 7.22. The number of carboxylic acids is 1. The van der Waals surface area contributed by atoms with Crippen LogP contribution in [-0.2, 0) is 4.79 Å². The van der Waals surface area contributed by atoms with E-state index < -0.39 is 5.97 Å². The van der Waals surface area contributed by atoms with Gasteiger partial charge in [0.05, 0.1) is 6.10 Å². The van der Waals surface area contributed by atoms with Crippen LogP contribution in [0, 0.1) is 11.8 Å². The highest BCUT2D eigenvalue weighted by Crippen LogP contribution is 2.36. The number of hydrogen-bond acceptors (Lipinski definition) is 2. The molecule has 0 bridgehead atoms. The molecule has 100 valence electrons. The van der Waals surface area contributed by atoms with E-state index in [9.17, 15) is 9.90 Å². The molecule has 3 nitrogen and oxygen atoms in total. The highest BCUT2D eigenvalue weighted by molar-refractivity contribution is 6.20. The molecule has 1 aliphatic carbocycles. The first kappa shape index (κ1) is 14.8. The Hall–Kier alpha value is -0.280. The third-order valence-electron chi connectivity index (χ3n) is 3.91. The van der Waals surface area contributed by atoms with Crippen LogP contribution in [-0.4, -0.2) is 27.7 Å². The van der Waals surface area contributed by atoms with E-state index in [1.807, 2.05) is 0 Å². The summed E-state index contributed by atoms with van der Waals surface area (Å²) in [7, 11) is 0. The monoisotopic (exact) mass is 262 g/mol. The fourth-order valence-electron chi connectivity index (χ4n) is 2.71. The van der Waals surface area contributed by atoms with Crippen molar-refractivity contribution >= 4 is 17.6 Å². The third-order valence-corrected chi connectivity index (χ3v) is 4.52. The first-order chi connectivity index (χ1) is 8.02. The number of aliphatic hydroxyl groups is 1. The summed E-state index contributed by atoms with van der Waals surface area (Å²) in [5, 5.41) is 18.7. The zero-order chi connectivity index (χ0) is 12.8. The van der Waals surface area contributed by atoms with Crippen LogP contribution in [0.25, 0.3) is 0 Å². The van der Waals surface area contributed by atoms with Gasteiger partial charge in [-0.3, -0.25) is 4.79 Å². The molecule has 4 unspecified atom stereocenters. The van der Waals surface area contributed by atoms with Gasteiger partial charge in [-0.25, -0.2) is 0 Å². The Labute approximate surface area is 108 Å². The van der Waals surface area contributed by atoms with Gasteiger partial charge in [0.15, 0.2) is 0 Å². The minimum Gasteiger partial charge on any atom is -0.481 e. The number of unbranched alkanes of at least 4 members (excludes halogenated alkanes) is 2. The van der Waals surface area contributed by atoms with Crippen LogP contribution < -0.4 is 0 Å². The van der Waals surface area contributed by atoms with Crippen molar-refractivity contribution in [1.29, 1.82) is 0 Å². The van der Waals surface area contributed by atoms with E-state index in [0.29, 0.717) is 5.92 Å². The van der Waals surface area contributed by atoms with Crippen molar-refractivity contribution in [3.8, 4) is 0 Å². The molecule has 17 heavy (non-hydrogen) atoms. The van der Waals surface area contributed by atoms with Crippen LogP contribution >= 0.6 is 11.6 Å². The zero-order valence-electron chi connectivity index (χ0n) is 10.4. The highest BCUT2D eigenvalue weighted by atomic mass is 35.5. The molecule has 0 heterocycles. The average Bonchev–Trinajstić information content (AvgIpc) is 2.27. The van der Waals surface area contributed by atoms with Crippen LogP contribution in [0.3, 0.4) is 0 Å². The molecule has 1 aliphatic rings. The minimum absolute atomic E-state index is 0.183. The minimum atomic E-state index is -0.725. The summed E-state index contributed by atoms with van der Waals surface area (Å²) in [5.74, 6) is -0.0761. The van der Waals surface area contributed by atoms with E-state index in [2.05, 4.69) is 6.92 Å². The summed E-state index contributed by atoms with van der Waals surface area (Å²) in [6.07, 6.45) is 5.35. The second-order valence-electron chi connectivity index (χ2n) is 5.18. The maximum atomic E-state index is 10.4. The predicted octanol–water partition coefficient (Wildman–Crippen LogP) is 3.04. The molecule has 4 heteroatoms. The Bertz CT molecular complexity index is 245. The van der Waals surface area contributed by atoms with Gasteiger partial charge in [0.25, 0.3) is 0 Å². The number of carbonyl (C=O) groups is 1. The quantitative estimate of drug-likeness (QED) is 0.571. The van der Waals surface area contributed by atoms with Gasteiger partial charge in [-0.15, -0.1) is 11.6 Å². The fourth-order valence-corrected chi connectivity index (χ4v) is 3.03. The van der Waals surface area contributed by atoms with E-state index in [-0.39, 0.29) is 23.8 Å². The molecule has 0 amide bonds. The van der Waals surface area contributed by atoms with Gasteiger partial charge in [-0.2, -0.15) is 0 Å². The molecule has 0 radical (unpaired) electrons. The van der Waals surface area contributed by atoms with Crippen molar-refractivity contribution in [2.75, 3.05) is 0 Å². The zero-order valence-corrected chi connectivity index (χ0v) is 11.2. The first-order valence-corrected chi connectivity index (χ1v) is 7.00. The number of aliphatic carboxylic acids is 1. The maximum Gasteiger partial charge on any atom is 0.303 e. The van der Waals surface area contributed by atoms with E-state index in [0.717, 1.165) is 38.5 Å². The molecule has 0 aromatic rings. The van der Waals surface area contributed by atoms with Crippen molar-refractivity contribution in [1.82, 2.24) is 0 Å². The highest BCUT2D eigenvalue weighted by Gasteiger charge is 2.34. The van der Waals surface area contributed by atoms with Gasteiger partial charge in [0, 0.05) is 11.8 Å². The number of hydrogen-bond donors (Lipinski definition) is 2. The molecule has 0 aromatic carbocycles. The number of halogens is 1. The predicted molar refractivity (Wildman–Crippen MR) is 68.3 cm³/mol. The molecular formula is C13H23ClO3. The number of alkyl halides is 1. The Morgan fingerprint density at radius 3 is 2.65 bits per heavy atom. The van der Waals surface area contributed by atoms with Gasteiger partial charge in [-0.1, -0.05) is 19.8 Å². The number of rotatable bonds is 6. The van der Waals surface area contributed by atoms with Crippen molar-refractivity contribution in [2.24, 2.45) is 11.8 Å². The maximum absolute atomic E-state index is 10.4. The summed E-state index contributed by atoms with van der Waals surface area (Å²) in [4.78, 5) is 10.4. The lowest BCUT2D eigenvalue weighted by atomic mass is 9.75. The Kier molecular flexibility index (Phi) is 6.28. The summed E-state index contributed by atoms with van der Waals surface area (Å²) in [6.45, 7) is 2.11. The Morgan fingerprint density at radius 2 is 2.00 bits per heavy atom. The molecule has 2 N–H and O–H groups in total. The average molecular weight is 263 g/mol. The van der Waals surface area contributed by atoms with Crippen molar-refractivity contribution in [3.63, 3.8) is 0 Å². The normalized spacial score (nSPS) is 33.6. The van der Waals surface area contributed by atoms with Crippen LogP contribution in [0.2, 0.25) is 0 Å². The smallest absolute Gasteiger partial charge is 0.303 e. The molecule has 0 aromatic heterocycles. The summed E-state index contributed by atoms with van der Waals surface area (Å²) in [5.41, 5.74) is 0. The van der Waals surface area contributed by atoms with E-state index in [4.69, 9.17) is 16.7 Å². The second-order valence-corrected chi connectivity index (χ2v) is 5.74. The van der Waals surface area contributed by atoms with Gasteiger partial charge in [0.1, 0.15) is 0 Å². The Balaban J connectivity index is 2.22. The third kappa shape index (κ3) is 4.84. The molecule has 1 rings (SSSR count). The fraction of sp³-hybridized carbons (Fsp3) is 0.923. The van der Waals surface area contributed by atoms with Gasteiger partial charge in [-0.05, 0) is 37.5 Å². The SMILES string of the molecule is CC1C(Cl)CCC(O)C1CCCCCC(=O)O. The Morgan fingerprint density at radius 1 is 1.29 bits per heavy atom. The van der Waals surface area contributed by atoms with Crippen molar-refractivity contribution < 1.29 is 15.0 Å². The molecule has 0 spiro atoms. The summed E-state index contributed by atoms with van der Waals surface area (Å²) in [6, 6.07) is 0. The standard InChI is InChI=1S/C13H23ClO3/c1-9-10(12(15)8-7-11(9)14)5-3-2-4-6-13(16)17/h9-12,15H,2-8H2,1H3,(H,16,17). The largest absolute Gasteiger partial charge is 0.481 e. The lowest BCUT2D eigenvalue weighted by Gasteiger charge is -2.36. The van der Waals surface area contributed by atoms with E-state index >= 15 is 0 Å². The molecule has 0 aliphatic heterocycles. The topological polar surface area (TPSA) is 57.5 Å². The number of aliphatic hydroxyl groups excluding tert-OH is 1.